The van der Waals surface area contributed by atoms with Gasteiger partial charge in [0.25, 0.3) is 0 Å². The van der Waals surface area contributed by atoms with Gasteiger partial charge in [0.15, 0.2) is 5.96 Å². The van der Waals surface area contributed by atoms with Gasteiger partial charge in [-0.2, -0.15) is 0 Å². The van der Waals surface area contributed by atoms with Crippen LogP contribution in [0, 0.1) is 0 Å². The Morgan fingerprint density at radius 3 is 2.73 bits per heavy atom. The summed E-state index contributed by atoms with van der Waals surface area (Å²) in [6.45, 7) is 1.10. The van der Waals surface area contributed by atoms with Crippen molar-refractivity contribution >= 4 is 13.6 Å². The molecule has 0 aliphatic rings. The number of nitrogens with zero attached hydrogens (tertiary/aromatic N) is 1. The van der Waals surface area contributed by atoms with Crippen molar-refractivity contribution in [2.75, 3.05) is 13.2 Å². The molecule has 0 fully saturated rings. The van der Waals surface area contributed by atoms with Gasteiger partial charge in [-0.25, -0.2) is 0 Å². The molecule has 6 heteroatoms. The van der Waals surface area contributed by atoms with Crippen LogP contribution in [-0.2, 0) is 4.65 Å². The second-order valence-corrected chi connectivity index (χ2v) is 1.99. The fourth-order valence-electron chi connectivity index (χ4n) is 0.558. The molecule has 0 aromatic rings. The van der Waals surface area contributed by atoms with E-state index in [0.717, 1.165) is 12.8 Å². The van der Waals surface area contributed by atoms with Crippen LogP contribution in [0.2, 0.25) is 0 Å². The van der Waals surface area contributed by atoms with Crippen molar-refractivity contribution in [3.63, 3.8) is 0 Å². The first kappa shape index (κ1) is 10.3. The maximum Gasteiger partial charge on any atom is 0.485 e. The van der Waals surface area contributed by atoms with Gasteiger partial charge in [0.05, 0.1) is 0 Å². The molecule has 0 aliphatic heterocycles. The average Bonchev–Trinajstić information content (AvgIpc) is 1.96. The zero-order chi connectivity index (χ0) is 8.53. The van der Waals surface area contributed by atoms with E-state index in [-0.39, 0.29) is 5.96 Å². The van der Waals surface area contributed by atoms with E-state index >= 15 is 0 Å². The number of hydrogen-bond acceptors (Lipinski definition) is 3. The minimum atomic E-state index is 0.111. The molecule has 0 amide bonds. The lowest BCUT2D eigenvalue weighted by Gasteiger charge is -1.97. The molecule has 63 valence electrons. The van der Waals surface area contributed by atoms with Gasteiger partial charge in [0.1, 0.15) is 0 Å². The summed E-state index contributed by atoms with van der Waals surface area (Å²) in [6, 6.07) is 0. The first-order valence-corrected chi connectivity index (χ1v) is 3.40. The van der Waals surface area contributed by atoms with Crippen LogP contribution < -0.4 is 11.5 Å². The second kappa shape index (κ2) is 7.36. The molecule has 0 unspecified atom stereocenters. The third-order valence-corrected chi connectivity index (χ3v) is 1.04. The van der Waals surface area contributed by atoms with Gasteiger partial charge in [-0.3, -0.25) is 4.99 Å². The molecular formula is C5H13BN3O2. The summed E-state index contributed by atoms with van der Waals surface area (Å²) in [4.78, 5) is 3.77. The molecule has 5 N–H and O–H groups in total. The Bertz CT molecular complexity index is 116. The molecule has 0 heterocycles. The lowest BCUT2D eigenvalue weighted by molar-refractivity contribution is 0.277. The van der Waals surface area contributed by atoms with Crippen LogP contribution in [-0.4, -0.2) is 31.8 Å². The number of nitrogens with two attached hydrogens (primary N) is 2. The summed E-state index contributed by atoms with van der Waals surface area (Å²) >= 11 is 0. The van der Waals surface area contributed by atoms with E-state index in [4.69, 9.17) is 16.5 Å². The van der Waals surface area contributed by atoms with Crippen molar-refractivity contribution in [1.29, 1.82) is 0 Å². The van der Waals surface area contributed by atoms with E-state index in [0.29, 0.717) is 20.8 Å². The Balaban J connectivity index is 2.97. The predicted molar refractivity (Wildman–Crippen MR) is 43.8 cm³/mol. The molecule has 0 rings (SSSR count). The average molecular weight is 158 g/mol. The lowest BCUT2D eigenvalue weighted by Crippen LogP contribution is -2.23. The Morgan fingerprint density at radius 2 is 2.18 bits per heavy atom. The summed E-state index contributed by atoms with van der Waals surface area (Å²) in [7, 11) is 0.681. The van der Waals surface area contributed by atoms with Gasteiger partial charge in [0, 0.05) is 13.2 Å². The number of unbranched alkanes of at least 4 members (excludes halogenated alkanes) is 1. The lowest BCUT2D eigenvalue weighted by atomic mass is 10.3. The molecule has 11 heavy (non-hydrogen) atoms. The van der Waals surface area contributed by atoms with Gasteiger partial charge in [-0.1, -0.05) is 0 Å². The minimum absolute atomic E-state index is 0.111. The van der Waals surface area contributed by atoms with Crippen LogP contribution in [0.1, 0.15) is 12.8 Å². The molecule has 0 aliphatic carbocycles. The van der Waals surface area contributed by atoms with Gasteiger partial charge in [0.2, 0.25) is 0 Å². The van der Waals surface area contributed by atoms with Crippen molar-refractivity contribution in [2.45, 2.75) is 12.8 Å². The summed E-state index contributed by atoms with van der Waals surface area (Å²) in [5.74, 6) is 0.111. The van der Waals surface area contributed by atoms with E-state index < -0.39 is 0 Å². The van der Waals surface area contributed by atoms with E-state index in [1.807, 2.05) is 0 Å². The van der Waals surface area contributed by atoms with E-state index in [1.165, 1.54) is 0 Å². The van der Waals surface area contributed by atoms with E-state index in [2.05, 4.69) is 9.65 Å². The number of guanidine groups is 1. The highest BCUT2D eigenvalue weighted by atomic mass is 16.5. The highest BCUT2D eigenvalue weighted by Crippen LogP contribution is 1.89. The van der Waals surface area contributed by atoms with Gasteiger partial charge < -0.3 is 21.1 Å². The molecule has 1 radical (unpaired) electrons. The van der Waals surface area contributed by atoms with Crippen molar-refractivity contribution < 1.29 is 9.68 Å². The Morgan fingerprint density at radius 1 is 1.45 bits per heavy atom. The van der Waals surface area contributed by atoms with Crippen LogP contribution in [0.4, 0.5) is 0 Å². The van der Waals surface area contributed by atoms with Crippen LogP contribution in [0.15, 0.2) is 4.99 Å². The van der Waals surface area contributed by atoms with Crippen LogP contribution in [0.5, 0.6) is 0 Å². The summed E-state index contributed by atoms with van der Waals surface area (Å²) in [5.41, 5.74) is 10.2. The van der Waals surface area contributed by atoms with Crippen LogP contribution in [0.3, 0.4) is 0 Å². The van der Waals surface area contributed by atoms with Gasteiger partial charge in [-0.15, -0.1) is 0 Å². The highest BCUT2D eigenvalue weighted by Gasteiger charge is 1.88. The molecule has 0 saturated heterocycles. The van der Waals surface area contributed by atoms with Crippen LogP contribution in [0.25, 0.3) is 0 Å². The molecule has 5 nitrogen and oxygen atoms in total. The molecule has 0 spiro atoms. The monoisotopic (exact) mass is 158 g/mol. The highest BCUT2D eigenvalue weighted by molar-refractivity contribution is 6.15. The van der Waals surface area contributed by atoms with Gasteiger partial charge >= 0.3 is 7.69 Å². The first-order chi connectivity index (χ1) is 5.27. The molecule has 0 aromatic carbocycles. The topological polar surface area (TPSA) is 93.9 Å². The Hall–Kier alpha value is -0.745. The number of aliphatic imine (C=N–C) groups is 1. The molecule has 0 aromatic heterocycles. The van der Waals surface area contributed by atoms with Gasteiger partial charge in [-0.05, 0) is 12.8 Å². The van der Waals surface area contributed by atoms with Crippen molar-refractivity contribution in [2.24, 2.45) is 16.5 Å². The Labute approximate surface area is 66.7 Å². The van der Waals surface area contributed by atoms with E-state index in [9.17, 15) is 0 Å². The van der Waals surface area contributed by atoms with Crippen molar-refractivity contribution in [3.8, 4) is 0 Å². The molecule has 0 atom stereocenters. The SMILES string of the molecule is NC(N)=NCCCCO[B]O. The standard InChI is InChI=1S/C5H13BN3O2/c7-5(8)9-3-1-2-4-11-6-10/h10H,1-4H2,(H4,7,8,9). The van der Waals surface area contributed by atoms with Crippen molar-refractivity contribution in [3.05, 3.63) is 0 Å². The predicted octanol–water partition coefficient (Wildman–Crippen LogP) is -1.42. The van der Waals surface area contributed by atoms with Crippen LogP contribution >= 0.6 is 0 Å². The fourth-order valence-corrected chi connectivity index (χ4v) is 0.558. The van der Waals surface area contributed by atoms with Crippen molar-refractivity contribution in [1.82, 2.24) is 0 Å². The maximum absolute atomic E-state index is 8.10. The first-order valence-electron chi connectivity index (χ1n) is 3.40. The quantitative estimate of drug-likeness (QED) is 0.191. The fraction of sp³-hybridized carbons (Fsp3) is 0.800. The third kappa shape index (κ3) is 9.25. The summed E-state index contributed by atoms with van der Waals surface area (Å²) < 4.78 is 4.56. The maximum atomic E-state index is 8.10. The number of rotatable bonds is 6. The second-order valence-electron chi connectivity index (χ2n) is 1.99. The summed E-state index contributed by atoms with van der Waals surface area (Å²) in [6.07, 6.45) is 1.68. The molecule has 0 saturated carbocycles. The largest absolute Gasteiger partial charge is 0.485 e. The third-order valence-electron chi connectivity index (χ3n) is 1.04. The number of hydrogen-bond donors (Lipinski definition) is 3. The smallest absolute Gasteiger partial charge is 0.429 e. The normalized spacial score (nSPS) is 9.18. The zero-order valence-corrected chi connectivity index (χ0v) is 6.36. The zero-order valence-electron chi connectivity index (χ0n) is 6.36. The summed E-state index contributed by atoms with van der Waals surface area (Å²) in [5, 5.41) is 8.10. The minimum Gasteiger partial charge on any atom is -0.429 e. The van der Waals surface area contributed by atoms with E-state index in [1.54, 1.807) is 0 Å². The Kier molecular flexibility index (Phi) is 6.86. The molecular weight excluding hydrogens is 145 g/mol. The molecule has 0 bridgehead atoms.